The van der Waals surface area contributed by atoms with Crippen molar-refractivity contribution in [1.82, 2.24) is 24.9 Å². The van der Waals surface area contributed by atoms with E-state index in [1.54, 1.807) is 7.11 Å². The normalized spacial score (nSPS) is 18.6. The maximum Gasteiger partial charge on any atom is 0.268 e. The number of benzene rings is 1. The molecule has 0 radical (unpaired) electrons. The minimum Gasteiger partial charge on any atom is -0.417 e. The fourth-order valence-corrected chi connectivity index (χ4v) is 3.85. The zero-order valence-electron chi connectivity index (χ0n) is 16.3. The number of fused-ring (bicyclic) bond motifs is 1. The van der Waals surface area contributed by atoms with Crippen LogP contribution in [0.5, 0.6) is 0 Å². The Morgan fingerprint density at radius 3 is 2.89 bits per heavy atom. The Bertz CT molecular complexity index is 901. The molecule has 1 aliphatic heterocycles. The molecule has 0 amide bonds. The number of ether oxygens (including phenoxy) is 1. The molecule has 0 N–H and O–H groups in total. The molecule has 7 heteroatoms. The van der Waals surface area contributed by atoms with Crippen molar-refractivity contribution in [3.63, 3.8) is 0 Å². The van der Waals surface area contributed by atoms with Crippen LogP contribution in [0.2, 0.25) is 0 Å². The lowest BCUT2D eigenvalue weighted by atomic mass is 10.0. The van der Waals surface area contributed by atoms with Crippen molar-refractivity contribution >= 4 is 10.9 Å². The average molecular weight is 369 g/mol. The molecule has 1 fully saturated rings. The van der Waals surface area contributed by atoms with E-state index in [-0.39, 0.29) is 12.1 Å². The highest BCUT2D eigenvalue weighted by Crippen LogP contribution is 2.33. The number of aromatic nitrogens is 4. The zero-order valence-corrected chi connectivity index (χ0v) is 16.3. The van der Waals surface area contributed by atoms with Gasteiger partial charge in [-0.05, 0) is 39.3 Å². The molecule has 0 saturated carbocycles. The SMILES string of the molecule is COCCN1CCCCC1c1nnc(-c2nn(C(C)C)c3ccccc23)o1. The summed E-state index contributed by atoms with van der Waals surface area (Å²) in [5.41, 5.74) is 1.85. The second-order valence-electron chi connectivity index (χ2n) is 7.39. The first-order valence-electron chi connectivity index (χ1n) is 9.73. The van der Waals surface area contributed by atoms with Gasteiger partial charge in [-0.25, -0.2) is 0 Å². The highest BCUT2D eigenvalue weighted by atomic mass is 16.5. The average Bonchev–Trinajstić information content (AvgIpc) is 3.31. The van der Waals surface area contributed by atoms with Crippen molar-refractivity contribution in [3.8, 4) is 11.6 Å². The molecular formula is C20H27N5O2. The summed E-state index contributed by atoms with van der Waals surface area (Å²) in [4.78, 5) is 2.38. The van der Waals surface area contributed by atoms with Crippen LogP contribution in [0.25, 0.3) is 22.5 Å². The van der Waals surface area contributed by atoms with E-state index < -0.39 is 0 Å². The number of methoxy groups -OCH3 is 1. The number of likely N-dealkylation sites (tertiary alicyclic amines) is 1. The second kappa shape index (κ2) is 7.78. The van der Waals surface area contributed by atoms with Gasteiger partial charge in [-0.1, -0.05) is 24.6 Å². The molecular weight excluding hydrogens is 342 g/mol. The van der Waals surface area contributed by atoms with Crippen LogP contribution in [0, 0.1) is 0 Å². The lowest BCUT2D eigenvalue weighted by Gasteiger charge is -2.33. The first kappa shape index (κ1) is 18.1. The summed E-state index contributed by atoms with van der Waals surface area (Å²) < 4.78 is 13.4. The van der Waals surface area contributed by atoms with E-state index in [1.807, 2.05) is 16.8 Å². The Morgan fingerprint density at radius 1 is 1.22 bits per heavy atom. The van der Waals surface area contributed by atoms with E-state index in [0.717, 1.165) is 36.1 Å². The van der Waals surface area contributed by atoms with Gasteiger partial charge in [0, 0.05) is 25.1 Å². The van der Waals surface area contributed by atoms with Gasteiger partial charge in [-0.2, -0.15) is 5.10 Å². The van der Waals surface area contributed by atoms with Crippen LogP contribution in [0.15, 0.2) is 28.7 Å². The van der Waals surface area contributed by atoms with Crippen LogP contribution >= 0.6 is 0 Å². The molecule has 0 aliphatic carbocycles. The van der Waals surface area contributed by atoms with Crippen molar-refractivity contribution in [2.24, 2.45) is 0 Å². The Labute approximate surface area is 159 Å². The van der Waals surface area contributed by atoms with Gasteiger partial charge in [0.2, 0.25) is 5.89 Å². The molecule has 1 saturated heterocycles. The van der Waals surface area contributed by atoms with E-state index in [9.17, 15) is 0 Å². The number of hydrogen-bond acceptors (Lipinski definition) is 6. The number of rotatable bonds is 6. The molecule has 7 nitrogen and oxygen atoms in total. The van der Waals surface area contributed by atoms with Gasteiger partial charge in [0.05, 0.1) is 18.2 Å². The van der Waals surface area contributed by atoms with Crippen molar-refractivity contribution in [1.29, 1.82) is 0 Å². The van der Waals surface area contributed by atoms with E-state index in [1.165, 1.54) is 12.8 Å². The standard InChI is InChI=1S/C20H27N5O2/c1-14(2)25-16-9-5-4-8-15(16)18(23-25)20-22-21-19(27-20)17-10-6-7-11-24(17)12-13-26-3/h4-5,8-9,14,17H,6-7,10-13H2,1-3H3. The molecule has 4 rings (SSSR count). The largest absolute Gasteiger partial charge is 0.417 e. The van der Waals surface area contributed by atoms with Gasteiger partial charge in [-0.15, -0.1) is 10.2 Å². The van der Waals surface area contributed by atoms with Crippen LogP contribution in [-0.2, 0) is 4.74 Å². The van der Waals surface area contributed by atoms with Gasteiger partial charge in [0.25, 0.3) is 5.89 Å². The third-order valence-corrected chi connectivity index (χ3v) is 5.23. The Balaban J connectivity index is 1.67. The predicted molar refractivity (Wildman–Crippen MR) is 103 cm³/mol. The summed E-state index contributed by atoms with van der Waals surface area (Å²) in [5.74, 6) is 1.18. The molecule has 2 aromatic heterocycles. The zero-order chi connectivity index (χ0) is 18.8. The van der Waals surface area contributed by atoms with Crippen LogP contribution in [0.3, 0.4) is 0 Å². The third-order valence-electron chi connectivity index (χ3n) is 5.23. The lowest BCUT2D eigenvalue weighted by Crippen LogP contribution is -2.36. The number of hydrogen-bond donors (Lipinski definition) is 0. The Kier molecular flexibility index (Phi) is 5.22. The highest BCUT2D eigenvalue weighted by Gasteiger charge is 2.29. The second-order valence-corrected chi connectivity index (χ2v) is 7.39. The first-order valence-corrected chi connectivity index (χ1v) is 9.73. The summed E-state index contributed by atoms with van der Waals surface area (Å²) in [7, 11) is 1.74. The smallest absolute Gasteiger partial charge is 0.268 e. The summed E-state index contributed by atoms with van der Waals surface area (Å²) in [6.45, 7) is 6.87. The van der Waals surface area contributed by atoms with Gasteiger partial charge >= 0.3 is 0 Å². The molecule has 1 unspecified atom stereocenters. The summed E-state index contributed by atoms with van der Waals surface area (Å²) in [6, 6.07) is 8.61. The summed E-state index contributed by atoms with van der Waals surface area (Å²) in [6.07, 6.45) is 3.41. The van der Waals surface area contributed by atoms with Crippen LogP contribution in [-0.4, -0.2) is 51.7 Å². The molecule has 3 heterocycles. The van der Waals surface area contributed by atoms with E-state index >= 15 is 0 Å². The monoisotopic (exact) mass is 369 g/mol. The van der Waals surface area contributed by atoms with Crippen molar-refractivity contribution in [3.05, 3.63) is 30.2 Å². The Morgan fingerprint density at radius 2 is 2.07 bits per heavy atom. The van der Waals surface area contributed by atoms with Gasteiger partial charge in [0.15, 0.2) is 5.69 Å². The predicted octanol–water partition coefficient (Wildman–Crippen LogP) is 3.84. The lowest BCUT2D eigenvalue weighted by molar-refractivity contribution is 0.0835. The fourth-order valence-electron chi connectivity index (χ4n) is 3.85. The van der Waals surface area contributed by atoms with Gasteiger partial charge in [0.1, 0.15) is 0 Å². The molecule has 0 bridgehead atoms. The van der Waals surface area contributed by atoms with E-state index in [2.05, 4.69) is 41.1 Å². The van der Waals surface area contributed by atoms with Crippen LogP contribution in [0.4, 0.5) is 0 Å². The number of piperidine rings is 1. The quantitative estimate of drug-likeness (QED) is 0.657. The van der Waals surface area contributed by atoms with Gasteiger partial charge in [-0.3, -0.25) is 9.58 Å². The Hall–Kier alpha value is -2.25. The fraction of sp³-hybridized carbons (Fsp3) is 0.550. The van der Waals surface area contributed by atoms with E-state index in [0.29, 0.717) is 18.4 Å². The van der Waals surface area contributed by atoms with Crippen molar-refractivity contribution in [2.75, 3.05) is 26.8 Å². The topological polar surface area (TPSA) is 69.2 Å². The molecule has 27 heavy (non-hydrogen) atoms. The summed E-state index contributed by atoms with van der Waals surface area (Å²) in [5, 5.41) is 14.6. The number of nitrogens with zero attached hydrogens (tertiary/aromatic N) is 5. The maximum atomic E-state index is 6.14. The molecule has 1 aromatic carbocycles. The highest BCUT2D eigenvalue weighted by molar-refractivity contribution is 5.91. The summed E-state index contributed by atoms with van der Waals surface area (Å²) >= 11 is 0. The van der Waals surface area contributed by atoms with E-state index in [4.69, 9.17) is 14.3 Å². The van der Waals surface area contributed by atoms with Crippen LogP contribution < -0.4 is 0 Å². The molecule has 0 spiro atoms. The molecule has 144 valence electrons. The van der Waals surface area contributed by atoms with Gasteiger partial charge < -0.3 is 9.15 Å². The first-order chi connectivity index (χ1) is 13.2. The maximum absolute atomic E-state index is 6.14. The molecule has 3 aromatic rings. The number of para-hydroxylation sites is 1. The minimum absolute atomic E-state index is 0.161. The van der Waals surface area contributed by atoms with Crippen molar-refractivity contribution < 1.29 is 9.15 Å². The van der Waals surface area contributed by atoms with Crippen LogP contribution in [0.1, 0.15) is 51.1 Å². The molecule has 1 atom stereocenters. The van der Waals surface area contributed by atoms with Crippen molar-refractivity contribution in [2.45, 2.75) is 45.2 Å². The molecule has 1 aliphatic rings. The minimum atomic E-state index is 0.161. The third kappa shape index (κ3) is 3.49.